The third kappa shape index (κ3) is 5.36. The molecule has 0 saturated heterocycles. The summed E-state index contributed by atoms with van der Waals surface area (Å²) in [5, 5.41) is 7.44. The molecule has 0 fully saturated rings. The van der Waals surface area contributed by atoms with Crippen molar-refractivity contribution in [3.63, 3.8) is 0 Å². The minimum absolute atomic E-state index is 0.170. The molecular weight excluding hydrogens is 427 g/mol. The first kappa shape index (κ1) is 21.6. The quantitative estimate of drug-likeness (QED) is 0.312. The average Bonchev–Trinajstić information content (AvgIpc) is 2.82. The number of halogens is 1. The highest BCUT2D eigenvalue weighted by molar-refractivity contribution is 7.99. The van der Waals surface area contributed by atoms with Gasteiger partial charge in [0.2, 0.25) is 5.91 Å². The molecular formula is C23H21FN6OS. The third-order valence-corrected chi connectivity index (χ3v) is 5.57. The fourth-order valence-electron chi connectivity index (χ4n) is 3.10. The lowest BCUT2D eigenvalue weighted by Gasteiger charge is -2.13. The Hall–Kier alpha value is -3.59. The number of anilines is 1. The van der Waals surface area contributed by atoms with E-state index in [1.165, 1.54) is 17.8 Å². The molecule has 0 aliphatic carbocycles. The zero-order valence-corrected chi connectivity index (χ0v) is 18.2. The first-order valence-corrected chi connectivity index (χ1v) is 11.0. The molecule has 4 aromatic rings. The zero-order valence-electron chi connectivity index (χ0n) is 17.4. The van der Waals surface area contributed by atoms with E-state index in [0.29, 0.717) is 22.4 Å². The second-order valence-corrected chi connectivity index (χ2v) is 7.94. The van der Waals surface area contributed by atoms with E-state index in [1.807, 2.05) is 25.1 Å². The molecule has 0 radical (unpaired) electrons. The maximum absolute atomic E-state index is 14.0. The third-order valence-electron chi connectivity index (χ3n) is 4.70. The van der Waals surface area contributed by atoms with Gasteiger partial charge in [-0.15, -0.1) is 0 Å². The number of para-hydroxylation sites is 1. The molecule has 2 aromatic carbocycles. The number of nitrogens with zero attached hydrogens (tertiary/aromatic N) is 4. The molecule has 4 rings (SSSR count). The Balaban J connectivity index is 1.48. The molecule has 2 heterocycles. The number of thioether (sulfide) groups is 1. The molecule has 0 atom stereocenters. The molecule has 162 valence electrons. The highest BCUT2D eigenvalue weighted by atomic mass is 32.2. The SMILES string of the molecule is Cc1cccc2c(NCc3ccccc3F)nc(CNC(=O)CSc3ncccn3)nc12. The topological polar surface area (TPSA) is 92.7 Å². The van der Waals surface area contributed by atoms with Crippen LogP contribution < -0.4 is 10.6 Å². The molecule has 1 amide bonds. The first-order valence-electron chi connectivity index (χ1n) is 10.00. The summed E-state index contributed by atoms with van der Waals surface area (Å²) in [7, 11) is 0. The molecule has 0 unspecified atom stereocenters. The van der Waals surface area contributed by atoms with Gasteiger partial charge in [-0.2, -0.15) is 0 Å². The summed E-state index contributed by atoms with van der Waals surface area (Å²) in [5.74, 6) is 0.809. The largest absolute Gasteiger partial charge is 0.365 e. The summed E-state index contributed by atoms with van der Waals surface area (Å²) in [6.07, 6.45) is 3.27. The summed E-state index contributed by atoms with van der Waals surface area (Å²) < 4.78 is 14.0. The molecule has 0 aliphatic rings. The number of aromatic nitrogens is 4. The van der Waals surface area contributed by atoms with Gasteiger partial charge in [-0.25, -0.2) is 24.3 Å². The summed E-state index contributed by atoms with van der Waals surface area (Å²) in [6.45, 7) is 2.43. The molecule has 32 heavy (non-hydrogen) atoms. The number of nitrogens with one attached hydrogen (secondary N) is 2. The average molecular weight is 449 g/mol. The van der Waals surface area contributed by atoms with Gasteiger partial charge in [0.25, 0.3) is 0 Å². The lowest BCUT2D eigenvalue weighted by atomic mass is 10.1. The predicted molar refractivity (Wildman–Crippen MR) is 123 cm³/mol. The van der Waals surface area contributed by atoms with Crippen molar-refractivity contribution in [2.24, 2.45) is 0 Å². The number of amides is 1. The lowest BCUT2D eigenvalue weighted by molar-refractivity contribution is -0.118. The van der Waals surface area contributed by atoms with E-state index >= 15 is 0 Å². The smallest absolute Gasteiger partial charge is 0.230 e. The maximum Gasteiger partial charge on any atom is 0.230 e. The van der Waals surface area contributed by atoms with Gasteiger partial charge in [-0.05, 0) is 30.7 Å². The van der Waals surface area contributed by atoms with Crippen LogP contribution in [0.4, 0.5) is 10.2 Å². The van der Waals surface area contributed by atoms with Crippen molar-refractivity contribution in [3.8, 4) is 0 Å². The molecule has 0 saturated carbocycles. The Bertz CT molecular complexity index is 1240. The summed E-state index contributed by atoms with van der Waals surface area (Å²) in [4.78, 5) is 29.6. The van der Waals surface area contributed by atoms with Crippen molar-refractivity contribution in [3.05, 3.63) is 83.7 Å². The normalized spacial score (nSPS) is 10.8. The van der Waals surface area contributed by atoms with Gasteiger partial charge < -0.3 is 10.6 Å². The molecule has 7 nitrogen and oxygen atoms in total. The van der Waals surface area contributed by atoms with Crippen LogP contribution in [0.1, 0.15) is 17.0 Å². The summed E-state index contributed by atoms with van der Waals surface area (Å²) in [5.41, 5.74) is 2.32. The van der Waals surface area contributed by atoms with Crippen molar-refractivity contribution in [1.29, 1.82) is 0 Å². The number of carbonyl (C=O) groups is 1. The van der Waals surface area contributed by atoms with E-state index in [1.54, 1.807) is 36.7 Å². The molecule has 0 bridgehead atoms. The second kappa shape index (κ2) is 10.1. The van der Waals surface area contributed by atoms with Gasteiger partial charge >= 0.3 is 0 Å². The van der Waals surface area contributed by atoms with Crippen LogP contribution >= 0.6 is 11.8 Å². The van der Waals surface area contributed by atoms with Gasteiger partial charge in [0.1, 0.15) is 11.6 Å². The molecule has 0 aliphatic heterocycles. The molecule has 9 heteroatoms. The van der Waals surface area contributed by atoms with E-state index in [0.717, 1.165) is 16.5 Å². The number of hydrogen-bond acceptors (Lipinski definition) is 7. The Morgan fingerprint density at radius 3 is 2.62 bits per heavy atom. The molecule has 2 aromatic heterocycles. The van der Waals surface area contributed by atoms with E-state index in [4.69, 9.17) is 0 Å². The first-order chi connectivity index (χ1) is 15.6. The number of carbonyl (C=O) groups excluding carboxylic acids is 1. The second-order valence-electron chi connectivity index (χ2n) is 7.00. The van der Waals surface area contributed by atoms with Crippen LogP contribution in [0.3, 0.4) is 0 Å². The van der Waals surface area contributed by atoms with Crippen LogP contribution in [-0.4, -0.2) is 31.6 Å². The Morgan fingerprint density at radius 2 is 1.81 bits per heavy atom. The van der Waals surface area contributed by atoms with Crippen LogP contribution in [0.2, 0.25) is 0 Å². The number of benzene rings is 2. The number of fused-ring (bicyclic) bond motifs is 1. The van der Waals surface area contributed by atoms with Crippen molar-refractivity contribution >= 4 is 34.4 Å². The van der Waals surface area contributed by atoms with Crippen LogP contribution in [-0.2, 0) is 17.9 Å². The Kier molecular flexibility index (Phi) is 6.86. The predicted octanol–water partition coefficient (Wildman–Crippen LogP) is 3.89. The van der Waals surface area contributed by atoms with Gasteiger partial charge in [0.15, 0.2) is 11.0 Å². The van der Waals surface area contributed by atoms with Crippen LogP contribution in [0, 0.1) is 12.7 Å². The van der Waals surface area contributed by atoms with Crippen LogP contribution in [0.15, 0.2) is 66.1 Å². The molecule has 0 spiro atoms. The van der Waals surface area contributed by atoms with Crippen molar-refractivity contribution in [2.45, 2.75) is 25.2 Å². The van der Waals surface area contributed by atoms with Gasteiger partial charge in [0.05, 0.1) is 17.8 Å². The van der Waals surface area contributed by atoms with E-state index in [9.17, 15) is 9.18 Å². The maximum atomic E-state index is 14.0. The zero-order chi connectivity index (χ0) is 22.3. The monoisotopic (exact) mass is 448 g/mol. The number of aryl methyl sites for hydroxylation is 1. The summed E-state index contributed by atoms with van der Waals surface area (Å²) >= 11 is 1.26. The van der Waals surface area contributed by atoms with Gasteiger partial charge in [0, 0.05) is 29.9 Å². The molecule has 2 N–H and O–H groups in total. The number of rotatable bonds is 8. The highest BCUT2D eigenvalue weighted by Crippen LogP contribution is 2.24. The fourth-order valence-corrected chi connectivity index (χ4v) is 3.73. The van der Waals surface area contributed by atoms with Crippen molar-refractivity contribution < 1.29 is 9.18 Å². The van der Waals surface area contributed by atoms with E-state index in [2.05, 4.69) is 30.6 Å². The standard InChI is InChI=1S/C23H21FN6OS/c1-15-6-4-8-17-21(15)29-19(13-27-20(31)14-32-23-25-10-5-11-26-23)30-22(17)28-12-16-7-2-3-9-18(16)24/h2-11H,12-14H2,1H3,(H,27,31)(H,28,29,30). The van der Waals surface area contributed by atoms with E-state index in [-0.39, 0.29) is 30.6 Å². The van der Waals surface area contributed by atoms with E-state index < -0.39 is 0 Å². The van der Waals surface area contributed by atoms with Crippen molar-refractivity contribution in [1.82, 2.24) is 25.3 Å². The van der Waals surface area contributed by atoms with Gasteiger partial charge in [-0.1, -0.05) is 42.1 Å². The highest BCUT2D eigenvalue weighted by Gasteiger charge is 2.12. The lowest BCUT2D eigenvalue weighted by Crippen LogP contribution is -2.26. The number of hydrogen-bond donors (Lipinski definition) is 2. The minimum Gasteiger partial charge on any atom is -0.365 e. The van der Waals surface area contributed by atoms with Gasteiger partial charge in [-0.3, -0.25) is 4.79 Å². The van der Waals surface area contributed by atoms with Crippen LogP contribution in [0.5, 0.6) is 0 Å². The minimum atomic E-state index is -0.276. The van der Waals surface area contributed by atoms with Crippen molar-refractivity contribution in [2.75, 3.05) is 11.1 Å². The fraction of sp³-hybridized carbons (Fsp3) is 0.174. The summed E-state index contributed by atoms with van der Waals surface area (Å²) in [6, 6.07) is 14.2. The Labute approximate surface area is 188 Å². The Morgan fingerprint density at radius 1 is 1.00 bits per heavy atom. The van der Waals surface area contributed by atoms with Crippen LogP contribution in [0.25, 0.3) is 10.9 Å².